The highest BCUT2D eigenvalue weighted by Crippen LogP contribution is 2.35. The molecular weight excluding hydrogens is 384 g/mol. The number of hydrogen-bond acceptors (Lipinski definition) is 2. The molecule has 0 aliphatic carbocycles. The molecule has 5 heteroatoms. The van der Waals surface area contributed by atoms with E-state index in [9.17, 15) is 9.59 Å². The highest BCUT2D eigenvalue weighted by atomic mass is 35.5. The average Bonchev–Trinajstić information content (AvgIpc) is 3.12. The summed E-state index contributed by atoms with van der Waals surface area (Å²) in [5.74, 6) is 0.209. The third kappa shape index (κ3) is 5.18. The van der Waals surface area contributed by atoms with E-state index in [2.05, 4.69) is 38.2 Å². The van der Waals surface area contributed by atoms with Gasteiger partial charge in [0.2, 0.25) is 5.91 Å². The van der Waals surface area contributed by atoms with Gasteiger partial charge in [-0.15, -0.1) is 0 Å². The molecule has 1 saturated heterocycles. The quantitative estimate of drug-likeness (QED) is 0.749. The van der Waals surface area contributed by atoms with Crippen LogP contribution < -0.4 is 5.32 Å². The fraction of sp³-hybridized carbons (Fsp3) is 0.417. The second kappa shape index (κ2) is 9.45. The highest BCUT2D eigenvalue weighted by Gasteiger charge is 2.41. The largest absolute Gasteiger partial charge is 0.356 e. The number of aryl methyl sites for hydroxylation is 1. The normalized spacial score (nSPS) is 18.9. The van der Waals surface area contributed by atoms with E-state index in [1.165, 1.54) is 0 Å². The van der Waals surface area contributed by atoms with Gasteiger partial charge in [-0.2, -0.15) is 0 Å². The van der Waals surface area contributed by atoms with Gasteiger partial charge >= 0.3 is 0 Å². The molecule has 2 aromatic rings. The zero-order valence-electron chi connectivity index (χ0n) is 17.3. The Morgan fingerprint density at radius 2 is 1.90 bits per heavy atom. The molecule has 2 atom stereocenters. The number of nitrogens with one attached hydrogen (secondary N) is 1. The number of carbonyl (C=O) groups excluding carboxylic acids is 2. The van der Waals surface area contributed by atoms with E-state index in [4.69, 9.17) is 11.6 Å². The average molecular weight is 413 g/mol. The van der Waals surface area contributed by atoms with Crippen LogP contribution in [0.2, 0.25) is 5.02 Å². The molecule has 0 unspecified atom stereocenters. The molecule has 0 bridgehead atoms. The summed E-state index contributed by atoms with van der Waals surface area (Å²) in [5.41, 5.74) is 2.84. The minimum absolute atomic E-state index is 0.0154. The van der Waals surface area contributed by atoms with Crippen LogP contribution in [0.5, 0.6) is 0 Å². The number of benzene rings is 2. The molecular formula is C24H29ClN2O2. The van der Waals surface area contributed by atoms with Crippen molar-refractivity contribution < 1.29 is 9.59 Å². The van der Waals surface area contributed by atoms with E-state index < -0.39 is 0 Å². The van der Waals surface area contributed by atoms with Crippen LogP contribution in [0, 0.1) is 18.8 Å². The maximum atomic E-state index is 13.1. The van der Waals surface area contributed by atoms with Crippen LogP contribution in [0.3, 0.4) is 0 Å². The van der Waals surface area contributed by atoms with Gasteiger partial charge in [-0.1, -0.05) is 55.8 Å². The van der Waals surface area contributed by atoms with Crippen LogP contribution in [0.4, 0.5) is 0 Å². The molecule has 1 heterocycles. The number of rotatable bonds is 6. The first kappa shape index (κ1) is 21.4. The molecule has 1 aliphatic rings. The molecule has 3 rings (SSSR count). The van der Waals surface area contributed by atoms with Crippen molar-refractivity contribution in [3.05, 3.63) is 70.2 Å². The Hall–Kier alpha value is -2.33. The van der Waals surface area contributed by atoms with Crippen molar-refractivity contribution in [2.24, 2.45) is 11.8 Å². The Bertz CT molecular complexity index is 881. The molecule has 1 fully saturated rings. The molecule has 0 saturated carbocycles. The van der Waals surface area contributed by atoms with Gasteiger partial charge in [0.05, 0.1) is 5.92 Å². The number of carbonyl (C=O) groups is 2. The predicted octanol–water partition coefficient (Wildman–Crippen LogP) is 4.67. The van der Waals surface area contributed by atoms with E-state index >= 15 is 0 Å². The van der Waals surface area contributed by atoms with Crippen molar-refractivity contribution in [3.8, 4) is 0 Å². The molecule has 1 aliphatic heterocycles. The second-order valence-corrected chi connectivity index (χ2v) is 8.70. The van der Waals surface area contributed by atoms with Crippen LogP contribution in [0.15, 0.2) is 48.5 Å². The van der Waals surface area contributed by atoms with Gasteiger partial charge in [0.15, 0.2) is 0 Å². The summed E-state index contributed by atoms with van der Waals surface area (Å²) in [6, 6.07) is 15.1. The van der Waals surface area contributed by atoms with Crippen LogP contribution in [-0.2, 0) is 4.79 Å². The van der Waals surface area contributed by atoms with Crippen molar-refractivity contribution >= 4 is 23.4 Å². The molecule has 0 spiro atoms. The number of nitrogens with zero attached hydrogens (tertiary/aromatic N) is 1. The first-order valence-electron chi connectivity index (χ1n) is 10.2. The van der Waals surface area contributed by atoms with Crippen molar-refractivity contribution in [2.75, 3.05) is 19.6 Å². The minimum Gasteiger partial charge on any atom is -0.356 e. The summed E-state index contributed by atoms with van der Waals surface area (Å²) in [5, 5.41) is 3.62. The lowest BCUT2D eigenvalue weighted by Gasteiger charge is -2.20. The Labute approximate surface area is 178 Å². The van der Waals surface area contributed by atoms with Gasteiger partial charge in [-0.25, -0.2) is 0 Å². The summed E-state index contributed by atoms with van der Waals surface area (Å²) in [6.45, 7) is 7.95. The first-order chi connectivity index (χ1) is 13.9. The third-order valence-corrected chi connectivity index (χ3v) is 5.86. The van der Waals surface area contributed by atoms with E-state index in [0.29, 0.717) is 36.1 Å². The Morgan fingerprint density at radius 3 is 2.59 bits per heavy atom. The van der Waals surface area contributed by atoms with E-state index in [1.807, 2.05) is 12.1 Å². The van der Waals surface area contributed by atoms with Crippen molar-refractivity contribution in [1.82, 2.24) is 10.2 Å². The third-order valence-electron chi connectivity index (χ3n) is 5.62. The Morgan fingerprint density at radius 1 is 1.14 bits per heavy atom. The zero-order chi connectivity index (χ0) is 21.0. The van der Waals surface area contributed by atoms with E-state index in [1.54, 1.807) is 29.2 Å². The van der Waals surface area contributed by atoms with E-state index in [0.717, 1.165) is 17.5 Å². The van der Waals surface area contributed by atoms with Gasteiger partial charge in [0, 0.05) is 36.1 Å². The Kier molecular flexibility index (Phi) is 6.96. The molecule has 0 radical (unpaired) electrons. The Balaban J connectivity index is 1.83. The molecule has 2 aromatic carbocycles. The van der Waals surface area contributed by atoms with Crippen LogP contribution in [0.25, 0.3) is 0 Å². The monoisotopic (exact) mass is 412 g/mol. The second-order valence-electron chi connectivity index (χ2n) is 8.26. The van der Waals surface area contributed by atoms with Crippen LogP contribution in [-0.4, -0.2) is 36.3 Å². The van der Waals surface area contributed by atoms with Gasteiger partial charge in [0.1, 0.15) is 0 Å². The molecule has 1 N–H and O–H groups in total. The number of halogens is 1. The first-order valence-corrected chi connectivity index (χ1v) is 10.6. The minimum atomic E-state index is -0.258. The summed E-state index contributed by atoms with van der Waals surface area (Å²) < 4.78 is 0. The molecule has 29 heavy (non-hydrogen) atoms. The summed E-state index contributed by atoms with van der Waals surface area (Å²) in [6.07, 6.45) is 0.943. The van der Waals surface area contributed by atoms with Gasteiger partial charge in [-0.3, -0.25) is 9.59 Å². The SMILES string of the molecule is Cc1ccccc1[C@@H]1CN(C(=O)c2cccc(Cl)c2)C[C@@H]1C(=O)NCCC(C)C. The van der Waals surface area contributed by atoms with Gasteiger partial charge < -0.3 is 10.2 Å². The van der Waals surface area contributed by atoms with Crippen molar-refractivity contribution in [1.29, 1.82) is 0 Å². The zero-order valence-corrected chi connectivity index (χ0v) is 18.1. The molecule has 2 amide bonds. The maximum absolute atomic E-state index is 13.1. The summed E-state index contributed by atoms with van der Waals surface area (Å²) >= 11 is 6.07. The summed E-state index contributed by atoms with van der Waals surface area (Å²) in [7, 11) is 0. The molecule has 4 nitrogen and oxygen atoms in total. The van der Waals surface area contributed by atoms with Crippen LogP contribution >= 0.6 is 11.6 Å². The molecule has 154 valence electrons. The van der Waals surface area contributed by atoms with E-state index in [-0.39, 0.29) is 23.7 Å². The number of hydrogen-bond donors (Lipinski definition) is 1. The van der Waals surface area contributed by atoms with Gasteiger partial charge in [-0.05, 0) is 48.6 Å². The highest BCUT2D eigenvalue weighted by molar-refractivity contribution is 6.30. The maximum Gasteiger partial charge on any atom is 0.253 e. The van der Waals surface area contributed by atoms with Gasteiger partial charge in [0.25, 0.3) is 5.91 Å². The van der Waals surface area contributed by atoms with Crippen LogP contribution in [0.1, 0.15) is 47.7 Å². The fourth-order valence-electron chi connectivity index (χ4n) is 3.97. The predicted molar refractivity (Wildman–Crippen MR) is 117 cm³/mol. The fourth-order valence-corrected chi connectivity index (χ4v) is 4.16. The number of amides is 2. The van der Waals surface area contributed by atoms with Crippen molar-refractivity contribution in [2.45, 2.75) is 33.1 Å². The van der Waals surface area contributed by atoms with Crippen molar-refractivity contribution in [3.63, 3.8) is 0 Å². The molecule has 0 aromatic heterocycles. The standard InChI is InChI=1S/C24H29ClN2O2/c1-16(2)11-12-26-23(28)22-15-27(24(29)18-8-6-9-19(25)13-18)14-21(22)20-10-5-4-7-17(20)3/h4-10,13,16,21-22H,11-12,14-15H2,1-3H3,(H,26,28)/t21-,22-/m0/s1. The lowest BCUT2D eigenvalue weighted by molar-refractivity contribution is -0.124. The lowest BCUT2D eigenvalue weighted by Crippen LogP contribution is -2.36. The summed E-state index contributed by atoms with van der Waals surface area (Å²) in [4.78, 5) is 27.9. The lowest BCUT2D eigenvalue weighted by atomic mass is 9.86. The topological polar surface area (TPSA) is 49.4 Å². The smallest absolute Gasteiger partial charge is 0.253 e. The number of likely N-dealkylation sites (tertiary alicyclic amines) is 1.